The summed E-state index contributed by atoms with van der Waals surface area (Å²) in [4.78, 5) is 27.1. The summed E-state index contributed by atoms with van der Waals surface area (Å²) in [5.41, 5.74) is 1.93. The molecule has 1 aromatic heterocycles. The number of amides is 1. The fourth-order valence-electron chi connectivity index (χ4n) is 3.06. The standard InChI is InChI=1S/C20H25FN2O3/c1-5-18-14(2)12-16(19(24)22(18)3)20(25)23(10-11-26-4)13-15-8-6-7-9-17(15)21/h6-9,12H,5,10-11,13H2,1-4H3. The molecule has 0 aliphatic heterocycles. The van der Waals surface area contributed by atoms with E-state index in [4.69, 9.17) is 4.74 Å². The van der Waals surface area contributed by atoms with Gasteiger partial charge in [-0.05, 0) is 31.0 Å². The van der Waals surface area contributed by atoms with Crippen LogP contribution in [0.15, 0.2) is 35.1 Å². The Labute approximate surface area is 153 Å². The molecule has 0 saturated carbocycles. The second kappa shape index (κ2) is 8.76. The Balaban J connectivity index is 2.41. The summed E-state index contributed by atoms with van der Waals surface area (Å²) in [6.45, 7) is 4.48. The molecule has 0 spiro atoms. The van der Waals surface area contributed by atoms with E-state index in [0.29, 0.717) is 18.6 Å². The lowest BCUT2D eigenvalue weighted by molar-refractivity contribution is 0.0676. The summed E-state index contributed by atoms with van der Waals surface area (Å²) in [5, 5.41) is 0. The number of rotatable bonds is 7. The fourth-order valence-corrected chi connectivity index (χ4v) is 3.06. The smallest absolute Gasteiger partial charge is 0.263 e. The van der Waals surface area contributed by atoms with E-state index >= 15 is 0 Å². The van der Waals surface area contributed by atoms with Crippen molar-refractivity contribution in [1.29, 1.82) is 0 Å². The van der Waals surface area contributed by atoms with Gasteiger partial charge in [-0.1, -0.05) is 25.1 Å². The fraction of sp³-hybridized carbons (Fsp3) is 0.400. The number of pyridine rings is 1. The van der Waals surface area contributed by atoms with Crippen LogP contribution in [0.2, 0.25) is 0 Å². The molecule has 0 N–H and O–H groups in total. The molecule has 140 valence electrons. The van der Waals surface area contributed by atoms with E-state index in [2.05, 4.69) is 0 Å². The van der Waals surface area contributed by atoms with Gasteiger partial charge in [-0.2, -0.15) is 0 Å². The molecule has 2 rings (SSSR count). The molecule has 0 aliphatic carbocycles. The van der Waals surface area contributed by atoms with Crippen molar-refractivity contribution in [1.82, 2.24) is 9.47 Å². The lowest BCUT2D eigenvalue weighted by Gasteiger charge is -2.23. The number of hydrogen-bond donors (Lipinski definition) is 0. The summed E-state index contributed by atoms with van der Waals surface area (Å²) >= 11 is 0. The molecule has 0 aliphatic rings. The lowest BCUT2D eigenvalue weighted by Crippen LogP contribution is -2.38. The van der Waals surface area contributed by atoms with Crippen LogP contribution in [0.5, 0.6) is 0 Å². The average molecular weight is 360 g/mol. The summed E-state index contributed by atoms with van der Waals surface area (Å²) in [7, 11) is 3.20. The first-order chi connectivity index (χ1) is 12.4. The number of aryl methyl sites for hydroxylation is 1. The molecule has 5 nitrogen and oxygen atoms in total. The van der Waals surface area contributed by atoms with Gasteiger partial charge in [0.15, 0.2) is 0 Å². The van der Waals surface area contributed by atoms with Gasteiger partial charge in [0.25, 0.3) is 11.5 Å². The Morgan fingerprint density at radius 2 is 2.00 bits per heavy atom. The maximum atomic E-state index is 14.0. The number of hydrogen-bond acceptors (Lipinski definition) is 3. The lowest BCUT2D eigenvalue weighted by atomic mass is 10.1. The number of methoxy groups -OCH3 is 1. The predicted molar refractivity (Wildman–Crippen MR) is 98.8 cm³/mol. The maximum absolute atomic E-state index is 14.0. The zero-order valence-electron chi connectivity index (χ0n) is 15.7. The Hall–Kier alpha value is -2.47. The van der Waals surface area contributed by atoms with Crippen LogP contribution in [0.4, 0.5) is 4.39 Å². The van der Waals surface area contributed by atoms with E-state index < -0.39 is 5.91 Å². The minimum atomic E-state index is -0.420. The van der Waals surface area contributed by atoms with E-state index in [1.807, 2.05) is 13.8 Å². The zero-order chi connectivity index (χ0) is 19.3. The Morgan fingerprint density at radius 1 is 1.31 bits per heavy atom. The normalized spacial score (nSPS) is 10.8. The molecular formula is C20H25FN2O3. The van der Waals surface area contributed by atoms with Gasteiger partial charge in [0.1, 0.15) is 11.4 Å². The second-order valence-electron chi connectivity index (χ2n) is 6.22. The third-order valence-corrected chi connectivity index (χ3v) is 4.49. The molecule has 0 fully saturated rings. The highest BCUT2D eigenvalue weighted by Gasteiger charge is 2.22. The van der Waals surface area contributed by atoms with Gasteiger partial charge < -0.3 is 14.2 Å². The van der Waals surface area contributed by atoms with Crippen molar-refractivity contribution in [3.8, 4) is 0 Å². The van der Waals surface area contributed by atoms with Crippen LogP contribution in [-0.4, -0.2) is 35.6 Å². The van der Waals surface area contributed by atoms with Crippen molar-refractivity contribution in [3.05, 3.63) is 68.9 Å². The molecule has 2 aromatic rings. The summed E-state index contributed by atoms with van der Waals surface area (Å²) < 4.78 is 20.6. The molecule has 0 unspecified atom stereocenters. The monoisotopic (exact) mass is 360 g/mol. The zero-order valence-corrected chi connectivity index (χ0v) is 15.7. The van der Waals surface area contributed by atoms with Crippen molar-refractivity contribution in [2.45, 2.75) is 26.8 Å². The number of halogens is 1. The van der Waals surface area contributed by atoms with Crippen LogP contribution in [-0.2, 0) is 24.8 Å². The topological polar surface area (TPSA) is 51.5 Å². The van der Waals surface area contributed by atoms with Crippen LogP contribution in [0.25, 0.3) is 0 Å². The van der Waals surface area contributed by atoms with Crippen LogP contribution in [0.1, 0.15) is 34.1 Å². The SMILES string of the molecule is CCc1c(C)cc(C(=O)N(CCOC)Cc2ccccc2F)c(=O)n1C. The van der Waals surface area contributed by atoms with Gasteiger partial charge in [0.05, 0.1) is 6.61 Å². The predicted octanol–water partition coefficient (Wildman–Crippen LogP) is 2.68. The van der Waals surface area contributed by atoms with Crippen molar-refractivity contribution >= 4 is 5.91 Å². The molecule has 26 heavy (non-hydrogen) atoms. The second-order valence-corrected chi connectivity index (χ2v) is 6.22. The van der Waals surface area contributed by atoms with Gasteiger partial charge in [-0.15, -0.1) is 0 Å². The molecule has 0 bridgehead atoms. The number of ether oxygens (including phenoxy) is 1. The quantitative estimate of drug-likeness (QED) is 0.763. The van der Waals surface area contributed by atoms with E-state index in [0.717, 1.165) is 11.3 Å². The molecule has 0 saturated heterocycles. The molecule has 0 atom stereocenters. The Bertz CT molecular complexity index is 845. The number of nitrogens with zero attached hydrogens (tertiary/aromatic N) is 2. The number of benzene rings is 1. The minimum absolute atomic E-state index is 0.0760. The average Bonchev–Trinajstić information content (AvgIpc) is 2.63. The first kappa shape index (κ1) is 19.8. The highest BCUT2D eigenvalue weighted by molar-refractivity contribution is 5.94. The third kappa shape index (κ3) is 4.19. The summed E-state index contributed by atoms with van der Waals surface area (Å²) in [5.74, 6) is -0.801. The van der Waals surface area contributed by atoms with E-state index in [-0.39, 0.29) is 30.0 Å². The molecule has 1 amide bonds. The van der Waals surface area contributed by atoms with Gasteiger partial charge in [-0.3, -0.25) is 9.59 Å². The molecule has 1 heterocycles. The van der Waals surface area contributed by atoms with Gasteiger partial charge in [0.2, 0.25) is 0 Å². The summed E-state index contributed by atoms with van der Waals surface area (Å²) in [6.07, 6.45) is 0.703. The maximum Gasteiger partial charge on any atom is 0.263 e. The largest absolute Gasteiger partial charge is 0.383 e. The van der Waals surface area contributed by atoms with Crippen molar-refractivity contribution in [2.75, 3.05) is 20.3 Å². The van der Waals surface area contributed by atoms with Crippen molar-refractivity contribution in [3.63, 3.8) is 0 Å². The highest BCUT2D eigenvalue weighted by Crippen LogP contribution is 2.14. The third-order valence-electron chi connectivity index (χ3n) is 4.49. The molecule has 1 aromatic carbocycles. The van der Waals surface area contributed by atoms with E-state index in [9.17, 15) is 14.0 Å². The van der Waals surface area contributed by atoms with E-state index in [1.165, 1.54) is 22.6 Å². The Morgan fingerprint density at radius 3 is 2.62 bits per heavy atom. The van der Waals surface area contributed by atoms with E-state index in [1.54, 1.807) is 31.3 Å². The molecule has 0 radical (unpaired) electrons. The Kier molecular flexibility index (Phi) is 6.69. The minimum Gasteiger partial charge on any atom is -0.383 e. The number of carbonyl (C=O) groups excluding carboxylic acids is 1. The first-order valence-electron chi connectivity index (χ1n) is 8.61. The van der Waals surface area contributed by atoms with Crippen LogP contribution >= 0.6 is 0 Å². The molecular weight excluding hydrogens is 335 g/mol. The summed E-state index contributed by atoms with van der Waals surface area (Å²) in [6, 6.07) is 7.93. The number of aromatic nitrogens is 1. The first-order valence-corrected chi connectivity index (χ1v) is 8.61. The highest BCUT2D eigenvalue weighted by atomic mass is 19.1. The van der Waals surface area contributed by atoms with Gasteiger partial charge in [-0.25, -0.2) is 4.39 Å². The van der Waals surface area contributed by atoms with Crippen molar-refractivity contribution in [2.24, 2.45) is 7.05 Å². The van der Waals surface area contributed by atoms with Crippen molar-refractivity contribution < 1.29 is 13.9 Å². The van der Waals surface area contributed by atoms with Gasteiger partial charge in [0, 0.05) is 38.5 Å². The van der Waals surface area contributed by atoms with Crippen LogP contribution in [0, 0.1) is 12.7 Å². The van der Waals surface area contributed by atoms with Gasteiger partial charge >= 0.3 is 0 Å². The molecule has 6 heteroatoms. The number of carbonyl (C=O) groups is 1. The van der Waals surface area contributed by atoms with Crippen LogP contribution < -0.4 is 5.56 Å². The van der Waals surface area contributed by atoms with Crippen LogP contribution in [0.3, 0.4) is 0 Å².